The molecule has 0 saturated carbocycles. The van der Waals surface area contributed by atoms with Crippen molar-refractivity contribution in [2.75, 3.05) is 13.1 Å². The maximum absolute atomic E-state index is 12.7. The molecule has 0 atom stereocenters. The standard InChI is InChI=1S/C20H26ClN3O3S/c1-4-10-22-20(26)18-17(19(25)23-11-9-13(2)3)16(24-27-18)12-28-15-7-5-14(21)6-8-15/h5-8,13H,4,9-12H2,1-3H3,(H,22,26)(H,23,25). The van der Waals surface area contributed by atoms with Crippen LogP contribution in [0, 0.1) is 5.92 Å². The van der Waals surface area contributed by atoms with E-state index in [0.717, 1.165) is 17.7 Å². The molecule has 0 aliphatic heterocycles. The Morgan fingerprint density at radius 3 is 2.46 bits per heavy atom. The van der Waals surface area contributed by atoms with E-state index < -0.39 is 5.91 Å². The Balaban J connectivity index is 2.17. The lowest BCUT2D eigenvalue weighted by molar-refractivity contribution is 0.0891. The molecule has 2 rings (SSSR count). The minimum Gasteiger partial charge on any atom is -0.352 e. The minimum atomic E-state index is -0.425. The van der Waals surface area contributed by atoms with Gasteiger partial charge in [-0.05, 0) is 43.0 Å². The van der Waals surface area contributed by atoms with Crippen molar-refractivity contribution in [1.82, 2.24) is 15.8 Å². The summed E-state index contributed by atoms with van der Waals surface area (Å²) in [6.07, 6.45) is 1.64. The summed E-state index contributed by atoms with van der Waals surface area (Å²) < 4.78 is 5.25. The fraction of sp³-hybridized carbons (Fsp3) is 0.450. The highest BCUT2D eigenvalue weighted by Crippen LogP contribution is 2.26. The molecular formula is C20H26ClN3O3S. The van der Waals surface area contributed by atoms with E-state index in [9.17, 15) is 9.59 Å². The Labute approximate surface area is 174 Å². The quantitative estimate of drug-likeness (QED) is 0.548. The number of carbonyl (C=O) groups is 2. The fourth-order valence-corrected chi connectivity index (χ4v) is 3.33. The second-order valence-corrected chi connectivity index (χ2v) is 8.26. The molecular weight excluding hydrogens is 398 g/mol. The summed E-state index contributed by atoms with van der Waals surface area (Å²) in [5, 5.41) is 10.3. The van der Waals surface area contributed by atoms with Crippen molar-refractivity contribution in [3.8, 4) is 0 Å². The largest absolute Gasteiger partial charge is 0.352 e. The van der Waals surface area contributed by atoms with Crippen LogP contribution >= 0.6 is 23.4 Å². The normalized spacial score (nSPS) is 10.9. The van der Waals surface area contributed by atoms with Crippen LogP contribution in [0.15, 0.2) is 33.7 Å². The van der Waals surface area contributed by atoms with Crippen LogP contribution in [0.25, 0.3) is 0 Å². The van der Waals surface area contributed by atoms with Crippen molar-refractivity contribution >= 4 is 35.2 Å². The zero-order chi connectivity index (χ0) is 20.5. The SMILES string of the molecule is CCCNC(=O)c1onc(CSc2ccc(Cl)cc2)c1C(=O)NCCC(C)C. The van der Waals surface area contributed by atoms with Crippen LogP contribution in [0.5, 0.6) is 0 Å². The fourth-order valence-electron chi connectivity index (χ4n) is 2.37. The molecule has 152 valence electrons. The molecule has 0 unspecified atom stereocenters. The molecule has 2 amide bonds. The number of thioether (sulfide) groups is 1. The predicted molar refractivity (Wildman–Crippen MR) is 112 cm³/mol. The molecule has 0 fully saturated rings. The number of aromatic nitrogens is 1. The molecule has 2 N–H and O–H groups in total. The van der Waals surface area contributed by atoms with Crippen LogP contribution in [0.3, 0.4) is 0 Å². The summed E-state index contributed by atoms with van der Waals surface area (Å²) >= 11 is 7.40. The zero-order valence-electron chi connectivity index (χ0n) is 16.4. The Kier molecular flexibility index (Phi) is 8.86. The number of carbonyl (C=O) groups excluding carboxylic acids is 2. The molecule has 0 aliphatic carbocycles. The van der Waals surface area contributed by atoms with Crippen LogP contribution in [0.4, 0.5) is 0 Å². The number of hydrogen-bond donors (Lipinski definition) is 2. The van der Waals surface area contributed by atoms with E-state index in [1.54, 1.807) is 12.1 Å². The van der Waals surface area contributed by atoms with Crippen LogP contribution in [0.2, 0.25) is 5.02 Å². The van der Waals surface area contributed by atoms with Crippen molar-refractivity contribution in [3.63, 3.8) is 0 Å². The van der Waals surface area contributed by atoms with Crippen molar-refractivity contribution in [2.24, 2.45) is 5.92 Å². The molecule has 1 aromatic carbocycles. The number of amides is 2. The topological polar surface area (TPSA) is 84.2 Å². The Morgan fingerprint density at radius 1 is 1.14 bits per heavy atom. The molecule has 0 radical (unpaired) electrons. The van der Waals surface area contributed by atoms with Gasteiger partial charge in [-0.2, -0.15) is 0 Å². The first-order valence-electron chi connectivity index (χ1n) is 9.35. The monoisotopic (exact) mass is 423 g/mol. The van der Waals surface area contributed by atoms with Crippen LogP contribution < -0.4 is 10.6 Å². The summed E-state index contributed by atoms with van der Waals surface area (Å²) in [6.45, 7) is 7.16. The highest BCUT2D eigenvalue weighted by molar-refractivity contribution is 7.98. The van der Waals surface area contributed by atoms with Gasteiger partial charge in [0.2, 0.25) is 5.76 Å². The molecule has 6 nitrogen and oxygen atoms in total. The maximum Gasteiger partial charge on any atom is 0.290 e. The Morgan fingerprint density at radius 2 is 1.82 bits per heavy atom. The van der Waals surface area contributed by atoms with E-state index >= 15 is 0 Å². The average Bonchev–Trinajstić information content (AvgIpc) is 3.09. The highest BCUT2D eigenvalue weighted by Gasteiger charge is 2.27. The number of halogens is 1. The number of benzene rings is 1. The molecule has 0 aliphatic rings. The van der Waals surface area contributed by atoms with E-state index in [4.69, 9.17) is 16.1 Å². The van der Waals surface area contributed by atoms with E-state index in [1.165, 1.54) is 11.8 Å². The molecule has 1 heterocycles. The summed E-state index contributed by atoms with van der Waals surface area (Å²) in [6, 6.07) is 7.39. The summed E-state index contributed by atoms with van der Waals surface area (Å²) in [5.74, 6) is 0.0673. The Bertz CT molecular complexity index is 790. The molecule has 0 saturated heterocycles. The van der Waals surface area contributed by atoms with Gasteiger partial charge in [0.05, 0.1) is 0 Å². The molecule has 0 bridgehead atoms. The van der Waals surface area contributed by atoms with Crippen molar-refractivity contribution < 1.29 is 14.1 Å². The van der Waals surface area contributed by atoms with Gasteiger partial charge in [-0.25, -0.2) is 0 Å². The first kappa shape index (κ1) is 22.3. The van der Waals surface area contributed by atoms with Crippen molar-refractivity contribution in [2.45, 2.75) is 44.3 Å². The van der Waals surface area contributed by atoms with Gasteiger partial charge in [0.25, 0.3) is 11.8 Å². The summed E-state index contributed by atoms with van der Waals surface area (Å²) in [5.41, 5.74) is 0.655. The number of rotatable bonds is 10. The highest BCUT2D eigenvalue weighted by atomic mass is 35.5. The summed E-state index contributed by atoms with van der Waals surface area (Å²) in [4.78, 5) is 26.1. The smallest absolute Gasteiger partial charge is 0.290 e. The molecule has 28 heavy (non-hydrogen) atoms. The first-order chi connectivity index (χ1) is 13.4. The van der Waals surface area contributed by atoms with Gasteiger partial charge in [0.15, 0.2) is 0 Å². The lowest BCUT2D eigenvalue weighted by Gasteiger charge is -2.08. The van der Waals surface area contributed by atoms with Crippen LogP contribution in [0.1, 0.15) is 60.2 Å². The number of hydrogen-bond acceptors (Lipinski definition) is 5. The van der Waals surface area contributed by atoms with E-state index in [2.05, 4.69) is 29.6 Å². The lowest BCUT2D eigenvalue weighted by Crippen LogP contribution is -2.30. The first-order valence-corrected chi connectivity index (χ1v) is 10.7. The van der Waals surface area contributed by atoms with E-state index in [-0.39, 0.29) is 17.2 Å². The second-order valence-electron chi connectivity index (χ2n) is 6.77. The van der Waals surface area contributed by atoms with Gasteiger partial charge in [-0.15, -0.1) is 11.8 Å². The third-order valence-electron chi connectivity index (χ3n) is 3.93. The molecule has 8 heteroatoms. The second kappa shape index (κ2) is 11.1. The third-order valence-corrected chi connectivity index (χ3v) is 5.20. The van der Waals surface area contributed by atoms with Gasteiger partial charge >= 0.3 is 0 Å². The Hall–Kier alpha value is -1.99. The third kappa shape index (κ3) is 6.56. The van der Waals surface area contributed by atoms with E-state index in [0.29, 0.717) is 35.5 Å². The number of nitrogens with zero attached hydrogens (tertiary/aromatic N) is 1. The van der Waals surface area contributed by atoms with Crippen LogP contribution in [-0.2, 0) is 5.75 Å². The van der Waals surface area contributed by atoms with Crippen molar-refractivity contribution in [1.29, 1.82) is 0 Å². The van der Waals surface area contributed by atoms with Gasteiger partial charge in [-0.1, -0.05) is 37.5 Å². The van der Waals surface area contributed by atoms with Gasteiger partial charge in [-0.3, -0.25) is 9.59 Å². The van der Waals surface area contributed by atoms with E-state index in [1.807, 2.05) is 19.1 Å². The van der Waals surface area contributed by atoms with Gasteiger partial charge in [0, 0.05) is 28.8 Å². The lowest BCUT2D eigenvalue weighted by atomic mass is 10.1. The van der Waals surface area contributed by atoms with Crippen molar-refractivity contribution in [3.05, 3.63) is 46.3 Å². The maximum atomic E-state index is 12.7. The predicted octanol–water partition coefficient (Wildman–Crippen LogP) is 4.54. The van der Waals surface area contributed by atoms with Crippen LogP contribution in [-0.4, -0.2) is 30.1 Å². The molecule has 2 aromatic rings. The molecule has 1 aromatic heterocycles. The van der Waals surface area contributed by atoms with Gasteiger partial charge < -0.3 is 15.2 Å². The minimum absolute atomic E-state index is 0.0396. The molecule has 0 spiro atoms. The number of nitrogens with one attached hydrogen (secondary N) is 2. The zero-order valence-corrected chi connectivity index (χ0v) is 18.0. The van der Waals surface area contributed by atoms with Gasteiger partial charge in [0.1, 0.15) is 11.3 Å². The summed E-state index contributed by atoms with van der Waals surface area (Å²) in [7, 11) is 0. The average molecular weight is 424 g/mol.